The fraction of sp³-hybridized carbons (Fsp3) is 0.762. The van der Waals surface area contributed by atoms with Crippen molar-refractivity contribution in [2.24, 2.45) is 23.1 Å². The molecule has 0 aromatic rings. The molecular weight excluding hydrogens is 432 g/mol. The average molecular weight is 472 g/mol. The van der Waals surface area contributed by atoms with Gasteiger partial charge in [0.2, 0.25) is 29.9 Å². The first kappa shape index (κ1) is 30.4. The summed E-state index contributed by atoms with van der Waals surface area (Å²) in [6.45, 7) is 5.31. The molecule has 4 amide bonds. The summed E-state index contributed by atoms with van der Waals surface area (Å²) in [5.74, 6) is -2.79. The van der Waals surface area contributed by atoms with Gasteiger partial charge in [0.05, 0.1) is 12.1 Å². The lowest BCUT2D eigenvalue weighted by molar-refractivity contribution is -0.133. The lowest BCUT2D eigenvalue weighted by Crippen LogP contribution is -2.59. The number of hydrogen-bond acceptors (Lipinski definition) is 8. The van der Waals surface area contributed by atoms with Crippen molar-refractivity contribution >= 4 is 29.9 Å². The molecule has 12 heteroatoms. The van der Waals surface area contributed by atoms with Crippen molar-refractivity contribution in [1.29, 1.82) is 0 Å². The standard InChI is InChI=1S/C21H39N6O6/c1-4-12(2)18(21(33)26-16(11-28)13(3)29)27-20(32)15(7-5-6-10-22)25-19(31)14(23)8-9-17(24)30/h12-16,18,29H,4-10,22-23H2,1-3H3,(H2,24,30)(H,25,31)(H,26,33)(H,27,32)/t12-,13+,14-,15-,16+,18-/m0/s1. The van der Waals surface area contributed by atoms with Gasteiger partial charge in [-0.15, -0.1) is 0 Å². The van der Waals surface area contributed by atoms with Crippen LogP contribution in [0.4, 0.5) is 0 Å². The number of carbonyl (C=O) groups is 4. The zero-order valence-electron chi connectivity index (χ0n) is 19.6. The molecule has 0 aromatic carbocycles. The van der Waals surface area contributed by atoms with Crippen LogP contribution >= 0.6 is 0 Å². The van der Waals surface area contributed by atoms with Gasteiger partial charge in [-0.05, 0) is 45.1 Å². The molecule has 0 fully saturated rings. The highest BCUT2D eigenvalue weighted by Gasteiger charge is 2.32. The molecule has 6 atom stereocenters. The zero-order chi connectivity index (χ0) is 25.6. The maximum Gasteiger partial charge on any atom is 0.243 e. The fourth-order valence-electron chi connectivity index (χ4n) is 2.92. The van der Waals surface area contributed by atoms with Gasteiger partial charge in [-0.2, -0.15) is 0 Å². The first-order valence-electron chi connectivity index (χ1n) is 11.2. The molecule has 0 heterocycles. The first-order valence-corrected chi connectivity index (χ1v) is 11.2. The van der Waals surface area contributed by atoms with Crippen LogP contribution in [0.2, 0.25) is 0 Å². The number of nitrogens with one attached hydrogen (secondary N) is 3. The van der Waals surface area contributed by atoms with E-state index in [-0.39, 0.29) is 25.2 Å². The molecule has 0 saturated carbocycles. The maximum atomic E-state index is 13.0. The van der Waals surface area contributed by atoms with Gasteiger partial charge >= 0.3 is 0 Å². The second kappa shape index (κ2) is 16.1. The molecule has 12 nitrogen and oxygen atoms in total. The zero-order valence-corrected chi connectivity index (χ0v) is 19.6. The first-order chi connectivity index (χ1) is 15.5. The van der Waals surface area contributed by atoms with Gasteiger partial charge < -0.3 is 38.3 Å². The van der Waals surface area contributed by atoms with Gasteiger partial charge in [-0.3, -0.25) is 24.0 Å². The topological polar surface area (TPSA) is 220 Å². The molecular formula is C21H39N6O6. The van der Waals surface area contributed by atoms with Crippen molar-refractivity contribution < 1.29 is 29.1 Å². The Morgan fingerprint density at radius 2 is 1.61 bits per heavy atom. The Hall–Kier alpha value is -2.57. The summed E-state index contributed by atoms with van der Waals surface area (Å²) >= 11 is 0. The van der Waals surface area contributed by atoms with Crippen LogP contribution in [0, 0.1) is 5.92 Å². The van der Waals surface area contributed by atoms with Gasteiger partial charge in [-0.1, -0.05) is 20.3 Å². The minimum atomic E-state index is -1.25. The normalized spacial score (nSPS) is 16.4. The SMILES string of the molecule is CC[C@H](C)[C@H](NC(=O)[C@H](CCCCN)NC(=O)[C@@H](N)CCC(N)=O)C(=O)N[C@H]([C]=O)[C@@H](C)O. The fourth-order valence-corrected chi connectivity index (χ4v) is 2.92. The second-order valence-electron chi connectivity index (χ2n) is 8.17. The van der Waals surface area contributed by atoms with Gasteiger partial charge in [0.15, 0.2) is 0 Å². The van der Waals surface area contributed by atoms with Crippen molar-refractivity contribution in [2.75, 3.05) is 6.54 Å². The monoisotopic (exact) mass is 471 g/mol. The molecule has 0 saturated heterocycles. The lowest BCUT2D eigenvalue weighted by atomic mass is 9.96. The molecule has 189 valence electrons. The van der Waals surface area contributed by atoms with E-state index >= 15 is 0 Å². The van der Waals surface area contributed by atoms with E-state index in [1.807, 2.05) is 6.92 Å². The highest BCUT2D eigenvalue weighted by molar-refractivity contribution is 5.93. The van der Waals surface area contributed by atoms with E-state index < -0.39 is 53.9 Å². The van der Waals surface area contributed by atoms with E-state index in [1.165, 1.54) is 6.92 Å². The molecule has 0 aromatic heterocycles. The van der Waals surface area contributed by atoms with Crippen LogP contribution in [0.25, 0.3) is 0 Å². The molecule has 0 unspecified atom stereocenters. The summed E-state index contributed by atoms with van der Waals surface area (Å²) in [6, 6.07) is -4.29. The maximum absolute atomic E-state index is 13.0. The van der Waals surface area contributed by atoms with E-state index in [9.17, 15) is 29.1 Å². The Balaban J connectivity index is 5.44. The molecule has 0 rings (SSSR count). The number of aliphatic hydroxyl groups excluding tert-OH is 1. The van der Waals surface area contributed by atoms with E-state index in [0.29, 0.717) is 25.8 Å². The highest BCUT2D eigenvalue weighted by Crippen LogP contribution is 2.11. The number of unbranched alkanes of at least 4 members (excludes halogenated alkanes) is 1. The van der Waals surface area contributed by atoms with Gasteiger partial charge in [0.25, 0.3) is 0 Å². The number of hydrogen-bond donors (Lipinski definition) is 7. The van der Waals surface area contributed by atoms with E-state index in [1.54, 1.807) is 13.2 Å². The Kier molecular flexibility index (Phi) is 14.9. The van der Waals surface area contributed by atoms with Crippen LogP contribution in [0.5, 0.6) is 0 Å². The number of carbonyl (C=O) groups excluding carboxylic acids is 5. The summed E-state index contributed by atoms with van der Waals surface area (Å²) in [7, 11) is 0. The van der Waals surface area contributed by atoms with Crippen LogP contribution < -0.4 is 33.2 Å². The van der Waals surface area contributed by atoms with Crippen LogP contribution in [-0.4, -0.2) is 71.8 Å². The predicted molar refractivity (Wildman–Crippen MR) is 122 cm³/mol. The summed E-state index contributed by atoms with van der Waals surface area (Å²) in [4.78, 5) is 60.1. The number of rotatable bonds is 17. The predicted octanol–water partition coefficient (Wildman–Crippen LogP) is -2.30. The molecule has 0 aliphatic rings. The van der Waals surface area contributed by atoms with Crippen molar-refractivity contribution in [3.63, 3.8) is 0 Å². The van der Waals surface area contributed by atoms with Crippen molar-refractivity contribution in [2.45, 2.75) is 89.6 Å². The average Bonchev–Trinajstić information content (AvgIpc) is 2.77. The lowest BCUT2D eigenvalue weighted by Gasteiger charge is -2.28. The number of primary amides is 1. The van der Waals surface area contributed by atoms with E-state index in [4.69, 9.17) is 17.2 Å². The number of aliphatic hydroxyl groups is 1. The summed E-state index contributed by atoms with van der Waals surface area (Å²) in [5.41, 5.74) is 16.4. The molecule has 0 aliphatic carbocycles. The van der Waals surface area contributed by atoms with Gasteiger partial charge in [0.1, 0.15) is 18.1 Å². The number of nitrogens with two attached hydrogens (primary N) is 3. The Morgan fingerprint density at radius 3 is 2.09 bits per heavy atom. The smallest absolute Gasteiger partial charge is 0.243 e. The summed E-state index contributed by atoms with van der Waals surface area (Å²) in [6.07, 6.45) is 2.28. The second-order valence-corrected chi connectivity index (χ2v) is 8.17. The highest BCUT2D eigenvalue weighted by atomic mass is 16.3. The Labute approximate surface area is 194 Å². The molecule has 33 heavy (non-hydrogen) atoms. The van der Waals surface area contributed by atoms with E-state index in [2.05, 4.69) is 16.0 Å². The molecule has 0 aliphatic heterocycles. The van der Waals surface area contributed by atoms with Crippen LogP contribution in [0.1, 0.15) is 59.3 Å². The third-order valence-electron chi connectivity index (χ3n) is 5.32. The van der Waals surface area contributed by atoms with Crippen LogP contribution in [-0.2, 0) is 24.0 Å². The Morgan fingerprint density at radius 1 is 0.970 bits per heavy atom. The van der Waals surface area contributed by atoms with Crippen LogP contribution in [0.15, 0.2) is 0 Å². The van der Waals surface area contributed by atoms with Gasteiger partial charge in [0, 0.05) is 6.42 Å². The molecule has 0 bridgehead atoms. The minimum absolute atomic E-state index is 0.0269. The quantitative estimate of drug-likeness (QED) is 0.114. The van der Waals surface area contributed by atoms with Gasteiger partial charge in [-0.25, -0.2) is 0 Å². The van der Waals surface area contributed by atoms with Crippen molar-refractivity contribution in [3.8, 4) is 0 Å². The molecule has 1 radical (unpaired) electrons. The third-order valence-corrected chi connectivity index (χ3v) is 5.32. The van der Waals surface area contributed by atoms with Crippen LogP contribution in [0.3, 0.4) is 0 Å². The molecule has 10 N–H and O–H groups in total. The largest absolute Gasteiger partial charge is 0.391 e. The molecule has 0 spiro atoms. The minimum Gasteiger partial charge on any atom is -0.391 e. The van der Waals surface area contributed by atoms with E-state index in [0.717, 1.165) is 0 Å². The summed E-state index contributed by atoms with van der Waals surface area (Å²) in [5, 5.41) is 17.2. The number of amides is 4. The van der Waals surface area contributed by atoms with Crippen molar-refractivity contribution in [1.82, 2.24) is 16.0 Å². The van der Waals surface area contributed by atoms with Crippen molar-refractivity contribution in [3.05, 3.63) is 0 Å². The summed E-state index contributed by atoms with van der Waals surface area (Å²) < 4.78 is 0. The third kappa shape index (κ3) is 11.7. The Bertz CT molecular complexity index is 659.